The quantitative estimate of drug-likeness (QED) is 0.732. The number of carbonyl (C=O) groups excluding carboxylic acids is 1. The first-order chi connectivity index (χ1) is 7.26. The lowest BCUT2D eigenvalue weighted by molar-refractivity contribution is -0.119. The second-order valence-electron chi connectivity index (χ2n) is 4.77. The average molecular weight is 211 g/mol. The van der Waals surface area contributed by atoms with Crippen LogP contribution in [-0.2, 0) is 4.79 Å². The lowest BCUT2D eigenvalue weighted by Crippen LogP contribution is -2.34. The molecule has 2 nitrogen and oxygen atoms in total. The molecule has 1 N–H and O–H groups in total. The van der Waals surface area contributed by atoms with Crippen LogP contribution in [0.4, 0.5) is 0 Å². The molecule has 0 radical (unpaired) electrons. The molecule has 0 atom stereocenters. The van der Waals surface area contributed by atoms with Gasteiger partial charge in [0.15, 0.2) is 0 Å². The van der Waals surface area contributed by atoms with E-state index in [0.29, 0.717) is 18.1 Å². The molecule has 0 unspecified atom stereocenters. The molecule has 1 rings (SSSR count). The molecular weight excluding hydrogens is 186 g/mol. The second kappa shape index (κ2) is 7.00. The van der Waals surface area contributed by atoms with Crippen LogP contribution in [0.1, 0.15) is 58.8 Å². The maximum absolute atomic E-state index is 11.3. The number of rotatable bonds is 6. The Morgan fingerprint density at radius 1 is 1.20 bits per heavy atom. The number of carbonyl (C=O) groups is 1. The lowest BCUT2D eigenvalue weighted by atomic mass is 9.83. The highest BCUT2D eigenvalue weighted by atomic mass is 16.1. The Hall–Kier alpha value is -0.370. The van der Waals surface area contributed by atoms with E-state index in [2.05, 4.69) is 12.2 Å². The fourth-order valence-corrected chi connectivity index (χ4v) is 2.39. The van der Waals surface area contributed by atoms with Crippen molar-refractivity contribution in [3.63, 3.8) is 0 Å². The Kier molecular flexibility index (Phi) is 5.92. The van der Waals surface area contributed by atoms with Gasteiger partial charge in [-0.2, -0.15) is 0 Å². The minimum atomic E-state index is 0.444. The smallest absolute Gasteiger partial charge is 0.132 e. The molecule has 0 aromatic rings. The average Bonchev–Trinajstić information content (AvgIpc) is 2.28. The summed E-state index contributed by atoms with van der Waals surface area (Å²) in [5, 5.41) is 3.57. The first-order valence-electron chi connectivity index (χ1n) is 6.51. The summed E-state index contributed by atoms with van der Waals surface area (Å²) in [7, 11) is 0. The highest BCUT2D eigenvalue weighted by molar-refractivity contribution is 5.78. The molecule has 1 aliphatic carbocycles. The van der Waals surface area contributed by atoms with E-state index in [4.69, 9.17) is 0 Å². The van der Waals surface area contributed by atoms with E-state index >= 15 is 0 Å². The van der Waals surface area contributed by atoms with Crippen LogP contribution in [0, 0.1) is 5.92 Å². The zero-order valence-electron chi connectivity index (χ0n) is 10.2. The van der Waals surface area contributed by atoms with Gasteiger partial charge in [0.25, 0.3) is 0 Å². The minimum Gasteiger partial charge on any atom is -0.314 e. The van der Waals surface area contributed by atoms with Crippen LogP contribution in [0.5, 0.6) is 0 Å². The Labute approximate surface area is 93.8 Å². The molecule has 1 aliphatic rings. The van der Waals surface area contributed by atoms with E-state index in [1.165, 1.54) is 32.1 Å². The predicted molar refractivity (Wildman–Crippen MR) is 64.0 cm³/mol. The van der Waals surface area contributed by atoms with Gasteiger partial charge in [-0.25, -0.2) is 0 Å². The van der Waals surface area contributed by atoms with Gasteiger partial charge in [-0.15, -0.1) is 0 Å². The third-order valence-corrected chi connectivity index (χ3v) is 3.44. The summed E-state index contributed by atoms with van der Waals surface area (Å²) in [6, 6.07) is 0.720. The molecule has 1 fully saturated rings. The van der Waals surface area contributed by atoms with Gasteiger partial charge >= 0.3 is 0 Å². The van der Waals surface area contributed by atoms with Gasteiger partial charge in [0.05, 0.1) is 0 Å². The lowest BCUT2D eigenvalue weighted by Gasteiger charge is -2.28. The van der Waals surface area contributed by atoms with Gasteiger partial charge in [0, 0.05) is 18.9 Å². The molecule has 0 amide bonds. The maximum Gasteiger partial charge on any atom is 0.132 e. The highest BCUT2D eigenvalue weighted by Crippen LogP contribution is 2.27. The molecule has 15 heavy (non-hydrogen) atoms. The van der Waals surface area contributed by atoms with Gasteiger partial charge in [-0.1, -0.05) is 13.8 Å². The zero-order chi connectivity index (χ0) is 11.1. The molecule has 1 saturated carbocycles. The van der Waals surface area contributed by atoms with Gasteiger partial charge in [0.1, 0.15) is 5.78 Å². The summed E-state index contributed by atoms with van der Waals surface area (Å²) in [4.78, 5) is 11.3. The standard InChI is InChI=1S/C13H25NO/c1-3-9-14-12-7-5-11(6-8-12)10-13(15)4-2/h11-12,14H,3-10H2,1-2H3. The Morgan fingerprint density at radius 3 is 2.40 bits per heavy atom. The normalized spacial score (nSPS) is 26.5. The van der Waals surface area contributed by atoms with Crippen molar-refractivity contribution in [3.8, 4) is 0 Å². The number of hydrogen-bond acceptors (Lipinski definition) is 2. The fraction of sp³-hybridized carbons (Fsp3) is 0.923. The highest BCUT2D eigenvalue weighted by Gasteiger charge is 2.21. The van der Waals surface area contributed by atoms with E-state index in [1.54, 1.807) is 0 Å². The molecule has 0 saturated heterocycles. The Morgan fingerprint density at radius 2 is 1.87 bits per heavy atom. The number of nitrogens with one attached hydrogen (secondary N) is 1. The SMILES string of the molecule is CCCNC1CCC(CC(=O)CC)CC1. The maximum atomic E-state index is 11.3. The van der Waals surface area contributed by atoms with Crippen LogP contribution < -0.4 is 5.32 Å². The fourth-order valence-electron chi connectivity index (χ4n) is 2.39. The molecule has 88 valence electrons. The molecule has 2 heteroatoms. The van der Waals surface area contributed by atoms with Crippen LogP contribution in [0.25, 0.3) is 0 Å². The summed E-state index contributed by atoms with van der Waals surface area (Å²) in [5.41, 5.74) is 0. The van der Waals surface area contributed by atoms with Gasteiger partial charge in [0.2, 0.25) is 0 Å². The van der Waals surface area contributed by atoms with Crippen LogP contribution in [0.2, 0.25) is 0 Å². The third kappa shape index (κ3) is 4.78. The van der Waals surface area contributed by atoms with E-state index in [0.717, 1.165) is 19.0 Å². The number of Topliss-reactive ketones (excluding diaryl/α,β-unsaturated/α-hetero) is 1. The number of hydrogen-bond donors (Lipinski definition) is 1. The van der Waals surface area contributed by atoms with Crippen LogP contribution in [0.3, 0.4) is 0 Å². The van der Waals surface area contributed by atoms with Crippen molar-refractivity contribution in [1.29, 1.82) is 0 Å². The van der Waals surface area contributed by atoms with Crippen molar-refractivity contribution in [2.24, 2.45) is 5.92 Å². The molecule has 0 aromatic heterocycles. The van der Waals surface area contributed by atoms with Crippen molar-refractivity contribution in [2.45, 2.75) is 64.8 Å². The van der Waals surface area contributed by atoms with Gasteiger partial charge in [-0.3, -0.25) is 4.79 Å². The van der Waals surface area contributed by atoms with E-state index in [9.17, 15) is 4.79 Å². The largest absolute Gasteiger partial charge is 0.314 e. The second-order valence-corrected chi connectivity index (χ2v) is 4.77. The molecule has 0 aromatic carbocycles. The van der Waals surface area contributed by atoms with Crippen LogP contribution in [-0.4, -0.2) is 18.4 Å². The van der Waals surface area contributed by atoms with Gasteiger partial charge in [-0.05, 0) is 44.6 Å². The monoisotopic (exact) mass is 211 g/mol. The zero-order valence-corrected chi connectivity index (χ0v) is 10.2. The Balaban J connectivity index is 2.15. The summed E-state index contributed by atoms with van der Waals surface area (Å²) in [6.45, 7) is 5.32. The van der Waals surface area contributed by atoms with E-state index in [1.807, 2.05) is 6.92 Å². The summed E-state index contributed by atoms with van der Waals surface area (Å²) < 4.78 is 0. The molecule has 0 spiro atoms. The van der Waals surface area contributed by atoms with Gasteiger partial charge < -0.3 is 5.32 Å². The van der Waals surface area contributed by atoms with E-state index < -0.39 is 0 Å². The molecule has 0 bridgehead atoms. The van der Waals surface area contributed by atoms with Crippen LogP contribution in [0.15, 0.2) is 0 Å². The summed E-state index contributed by atoms with van der Waals surface area (Å²) >= 11 is 0. The topological polar surface area (TPSA) is 29.1 Å². The summed E-state index contributed by atoms with van der Waals surface area (Å²) in [6.07, 6.45) is 7.78. The minimum absolute atomic E-state index is 0.444. The van der Waals surface area contributed by atoms with Crippen molar-refractivity contribution < 1.29 is 4.79 Å². The number of ketones is 1. The third-order valence-electron chi connectivity index (χ3n) is 3.44. The molecule has 0 aliphatic heterocycles. The molecule has 0 heterocycles. The molecular formula is C13H25NO. The predicted octanol–water partition coefficient (Wildman–Crippen LogP) is 2.91. The Bertz CT molecular complexity index is 183. The van der Waals surface area contributed by atoms with Crippen molar-refractivity contribution >= 4 is 5.78 Å². The summed E-state index contributed by atoms with van der Waals surface area (Å²) in [5.74, 6) is 1.12. The van der Waals surface area contributed by atoms with Crippen molar-refractivity contribution in [2.75, 3.05) is 6.54 Å². The first-order valence-corrected chi connectivity index (χ1v) is 6.51. The van der Waals surface area contributed by atoms with Crippen molar-refractivity contribution in [1.82, 2.24) is 5.32 Å². The van der Waals surface area contributed by atoms with Crippen molar-refractivity contribution in [3.05, 3.63) is 0 Å². The van der Waals surface area contributed by atoms with E-state index in [-0.39, 0.29) is 0 Å². The van der Waals surface area contributed by atoms with Crippen LogP contribution >= 0.6 is 0 Å². The first kappa shape index (κ1) is 12.7.